The van der Waals surface area contributed by atoms with Crippen LogP contribution in [0.15, 0.2) is 30.6 Å². The van der Waals surface area contributed by atoms with Crippen molar-refractivity contribution in [2.24, 2.45) is 5.92 Å². The fourth-order valence-electron chi connectivity index (χ4n) is 2.10. The summed E-state index contributed by atoms with van der Waals surface area (Å²) in [5.41, 5.74) is 1.39. The molecule has 1 amide bonds. The van der Waals surface area contributed by atoms with Crippen LogP contribution in [0.1, 0.15) is 30.6 Å². The van der Waals surface area contributed by atoms with Crippen LogP contribution < -0.4 is 5.32 Å². The van der Waals surface area contributed by atoms with Crippen LogP contribution in [-0.4, -0.2) is 27.4 Å². The van der Waals surface area contributed by atoms with E-state index in [1.54, 1.807) is 10.7 Å². The molecule has 0 aliphatic carbocycles. The molecule has 0 saturated heterocycles. The summed E-state index contributed by atoms with van der Waals surface area (Å²) in [6.45, 7) is 4.22. The number of nitrogens with one attached hydrogen (secondary N) is 1. The largest absolute Gasteiger partial charge is 0.348 e. The van der Waals surface area contributed by atoms with E-state index >= 15 is 0 Å². The lowest BCUT2D eigenvalue weighted by Crippen LogP contribution is -2.37. The average molecular weight is 280 g/mol. The topological polar surface area (TPSA) is 46.4 Å². The normalized spacial score (nSPS) is 12.8. The Kier molecular flexibility index (Phi) is 4.43. The number of nitrogens with zero attached hydrogens (tertiary/aromatic N) is 2. The standard InChI is InChI=1S/C14H18ClN3O/c1-10(2)7-11(8-15)17-14(19)12-9-16-18-6-4-3-5-13(12)18/h3-6,9-11H,7-8H2,1-2H3,(H,17,19). The van der Waals surface area contributed by atoms with Crippen molar-refractivity contribution in [2.75, 3.05) is 5.88 Å². The van der Waals surface area contributed by atoms with Gasteiger partial charge in [-0.25, -0.2) is 4.52 Å². The minimum atomic E-state index is -0.118. The highest BCUT2D eigenvalue weighted by atomic mass is 35.5. The summed E-state index contributed by atoms with van der Waals surface area (Å²) >= 11 is 5.90. The number of carbonyl (C=O) groups is 1. The Morgan fingerprint density at radius 3 is 2.95 bits per heavy atom. The first-order valence-electron chi connectivity index (χ1n) is 6.41. The SMILES string of the molecule is CC(C)CC(CCl)NC(=O)c1cnn2ccccc12. The number of hydrogen-bond donors (Lipinski definition) is 1. The number of pyridine rings is 1. The van der Waals surface area contributed by atoms with Gasteiger partial charge in [-0.1, -0.05) is 19.9 Å². The van der Waals surface area contributed by atoms with E-state index in [0.717, 1.165) is 11.9 Å². The Bertz CT molecular complexity index is 565. The molecule has 0 aliphatic rings. The van der Waals surface area contributed by atoms with Crippen LogP contribution in [0.5, 0.6) is 0 Å². The third-order valence-corrected chi connectivity index (χ3v) is 3.32. The van der Waals surface area contributed by atoms with E-state index in [-0.39, 0.29) is 11.9 Å². The Labute approximate surface area is 117 Å². The highest BCUT2D eigenvalue weighted by molar-refractivity contribution is 6.18. The van der Waals surface area contributed by atoms with E-state index in [0.29, 0.717) is 17.4 Å². The summed E-state index contributed by atoms with van der Waals surface area (Å²) in [5, 5.41) is 7.12. The van der Waals surface area contributed by atoms with Crippen molar-refractivity contribution in [3.05, 3.63) is 36.2 Å². The molecule has 102 valence electrons. The molecule has 0 aliphatic heterocycles. The van der Waals surface area contributed by atoms with E-state index in [1.165, 1.54) is 0 Å². The van der Waals surface area contributed by atoms with Crippen molar-refractivity contribution in [3.8, 4) is 0 Å². The van der Waals surface area contributed by atoms with Crippen LogP contribution in [0, 0.1) is 5.92 Å². The van der Waals surface area contributed by atoms with E-state index < -0.39 is 0 Å². The molecule has 0 aromatic carbocycles. The summed E-state index contributed by atoms with van der Waals surface area (Å²) in [6, 6.07) is 5.64. The molecular formula is C14H18ClN3O. The monoisotopic (exact) mass is 279 g/mol. The second-order valence-corrected chi connectivity index (χ2v) is 5.35. The Balaban J connectivity index is 2.15. The van der Waals surface area contributed by atoms with Gasteiger partial charge in [0.15, 0.2) is 0 Å². The molecule has 19 heavy (non-hydrogen) atoms. The summed E-state index contributed by atoms with van der Waals surface area (Å²) in [4.78, 5) is 12.2. The molecule has 5 heteroatoms. The number of halogens is 1. The number of amides is 1. The van der Waals surface area contributed by atoms with E-state index in [9.17, 15) is 4.79 Å². The molecule has 1 N–H and O–H groups in total. The van der Waals surface area contributed by atoms with Gasteiger partial charge in [0, 0.05) is 18.1 Å². The summed E-state index contributed by atoms with van der Waals surface area (Å²) in [5.74, 6) is 0.795. The smallest absolute Gasteiger partial charge is 0.255 e. The highest BCUT2D eigenvalue weighted by Gasteiger charge is 2.17. The molecule has 1 atom stereocenters. The first kappa shape index (κ1) is 13.9. The zero-order valence-electron chi connectivity index (χ0n) is 11.1. The van der Waals surface area contributed by atoms with E-state index in [2.05, 4.69) is 24.3 Å². The maximum absolute atomic E-state index is 12.2. The Morgan fingerprint density at radius 2 is 2.26 bits per heavy atom. The van der Waals surface area contributed by atoms with Gasteiger partial charge in [0.25, 0.3) is 5.91 Å². The third kappa shape index (κ3) is 3.26. The predicted molar refractivity (Wildman–Crippen MR) is 76.6 cm³/mol. The molecule has 0 spiro atoms. The predicted octanol–water partition coefficient (Wildman–Crippen LogP) is 2.72. The minimum Gasteiger partial charge on any atom is -0.348 e. The van der Waals surface area contributed by atoms with Gasteiger partial charge in [-0.2, -0.15) is 5.10 Å². The lowest BCUT2D eigenvalue weighted by atomic mass is 10.0. The van der Waals surface area contributed by atoms with Gasteiger partial charge in [0.1, 0.15) is 0 Å². The molecular weight excluding hydrogens is 262 g/mol. The Hall–Kier alpha value is -1.55. The zero-order chi connectivity index (χ0) is 13.8. The van der Waals surface area contributed by atoms with Crippen LogP contribution in [-0.2, 0) is 0 Å². The first-order valence-corrected chi connectivity index (χ1v) is 6.94. The maximum atomic E-state index is 12.2. The van der Waals surface area contributed by atoms with Crippen LogP contribution in [0.4, 0.5) is 0 Å². The van der Waals surface area contributed by atoms with Crippen molar-refractivity contribution in [1.82, 2.24) is 14.9 Å². The van der Waals surface area contributed by atoms with Crippen LogP contribution in [0.25, 0.3) is 5.52 Å². The number of alkyl halides is 1. The van der Waals surface area contributed by atoms with Gasteiger partial charge in [0.05, 0.1) is 17.3 Å². The molecule has 4 nitrogen and oxygen atoms in total. The van der Waals surface area contributed by atoms with Gasteiger partial charge in [-0.05, 0) is 24.5 Å². The molecule has 0 bridgehead atoms. The van der Waals surface area contributed by atoms with Gasteiger partial charge in [-0.3, -0.25) is 4.79 Å². The quantitative estimate of drug-likeness (QED) is 0.856. The summed E-state index contributed by atoms with van der Waals surface area (Å²) in [7, 11) is 0. The molecule has 2 aromatic heterocycles. The number of hydrogen-bond acceptors (Lipinski definition) is 2. The van der Waals surface area contributed by atoms with Crippen LogP contribution in [0.2, 0.25) is 0 Å². The number of rotatable bonds is 5. The van der Waals surface area contributed by atoms with Crippen molar-refractivity contribution in [3.63, 3.8) is 0 Å². The number of aromatic nitrogens is 2. The fraction of sp³-hybridized carbons (Fsp3) is 0.429. The molecule has 2 heterocycles. The number of carbonyl (C=O) groups excluding carboxylic acids is 1. The second kappa shape index (κ2) is 6.06. The number of fused-ring (bicyclic) bond motifs is 1. The fourth-order valence-corrected chi connectivity index (χ4v) is 2.31. The van der Waals surface area contributed by atoms with Gasteiger partial charge in [-0.15, -0.1) is 11.6 Å². The molecule has 1 unspecified atom stereocenters. The van der Waals surface area contributed by atoms with Crippen molar-refractivity contribution in [2.45, 2.75) is 26.3 Å². The molecule has 2 rings (SSSR count). The van der Waals surface area contributed by atoms with Gasteiger partial charge in [0.2, 0.25) is 0 Å². The van der Waals surface area contributed by atoms with Gasteiger partial charge < -0.3 is 5.32 Å². The lowest BCUT2D eigenvalue weighted by Gasteiger charge is -2.17. The molecule has 0 radical (unpaired) electrons. The summed E-state index contributed by atoms with van der Waals surface area (Å²) in [6.07, 6.45) is 4.28. The Morgan fingerprint density at radius 1 is 1.47 bits per heavy atom. The highest BCUT2D eigenvalue weighted by Crippen LogP contribution is 2.12. The van der Waals surface area contributed by atoms with Crippen LogP contribution >= 0.6 is 11.6 Å². The minimum absolute atomic E-state index is 0.00664. The molecule has 2 aromatic rings. The van der Waals surface area contributed by atoms with Crippen LogP contribution in [0.3, 0.4) is 0 Å². The molecule has 0 saturated carbocycles. The van der Waals surface area contributed by atoms with E-state index in [1.807, 2.05) is 24.4 Å². The average Bonchev–Trinajstić information content (AvgIpc) is 2.81. The van der Waals surface area contributed by atoms with E-state index in [4.69, 9.17) is 11.6 Å². The third-order valence-electron chi connectivity index (χ3n) is 2.95. The van der Waals surface area contributed by atoms with Gasteiger partial charge >= 0.3 is 0 Å². The summed E-state index contributed by atoms with van der Waals surface area (Å²) < 4.78 is 1.69. The van der Waals surface area contributed by atoms with Crippen molar-refractivity contribution >= 4 is 23.0 Å². The van der Waals surface area contributed by atoms with Crippen molar-refractivity contribution < 1.29 is 4.79 Å². The van der Waals surface area contributed by atoms with Crippen molar-refractivity contribution in [1.29, 1.82) is 0 Å². The molecule has 0 fully saturated rings. The second-order valence-electron chi connectivity index (χ2n) is 5.04. The zero-order valence-corrected chi connectivity index (χ0v) is 11.9. The lowest BCUT2D eigenvalue weighted by molar-refractivity contribution is 0.0938. The maximum Gasteiger partial charge on any atom is 0.255 e. The first-order chi connectivity index (χ1) is 9.11.